The second kappa shape index (κ2) is 5.23. The third kappa shape index (κ3) is 2.91. The van der Waals surface area contributed by atoms with Gasteiger partial charge in [0.05, 0.1) is 5.69 Å². The number of nitrogen functional groups attached to an aromatic ring is 1. The molecule has 0 amide bonds. The number of anilines is 1. The SMILES string of the molecule is Cc1cc(Oc2nc(Cl)nc(C)c2N)cc(C)c1Cl. The highest BCUT2D eigenvalue weighted by atomic mass is 35.5. The van der Waals surface area contributed by atoms with E-state index in [0.29, 0.717) is 17.1 Å². The molecular formula is C13H13Cl2N3O. The fourth-order valence-corrected chi connectivity index (χ4v) is 1.99. The molecule has 6 heteroatoms. The number of benzene rings is 1. The zero-order valence-corrected chi connectivity index (χ0v) is 12.3. The lowest BCUT2D eigenvalue weighted by molar-refractivity contribution is 0.463. The Labute approximate surface area is 121 Å². The fraction of sp³-hybridized carbons (Fsp3) is 0.231. The van der Waals surface area contributed by atoms with Crippen LogP contribution in [-0.4, -0.2) is 9.97 Å². The Morgan fingerprint density at radius 3 is 2.21 bits per heavy atom. The number of nitrogens with zero attached hydrogens (tertiary/aromatic N) is 2. The van der Waals surface area contributed by atoms with Crippen LogP contribution in [0.4, 0.5) is 5.69 Å². The van der Waals surface area contributed by atoms with E-state index in [-0.39, 0.29) is 11.2 Å². The number of hydrogen-bond donors (Lipinski definition) is 1. The van der Waals surface area contributed by atoms with Crippen LogP contribution in [0.5, 0.6) is 11.6 Å². The summed E-state index contributed by atoms with van der Waals surface area (Å²) >= 11 is 11.9. The summed E-state index contributed by atoms with van der Waals surface area (Å²) in [4.78, 5) is 7.94. The van der Waals surface area contributed by atoms with Gasteiger partial charge in [0, 0.05) is 5.02 Å². The van der Waals surface area contributed by atoms with Gasteiger partial charge in [-0.1, -0.05) is 11.6 Å². The lowest BCUT2D eigenvalue weighted by Crippen LogP contribution is -2.01. The van der Waals surface area contributed by atoms with Gasteiger partial charge in [-0.15, -0.1) is 0 Å². The molecule has 0 atom stereocenters. The molecule has 4 nitrogen and oxygen atoms in total. The number of aromatic nitrogens is 2. The Hall–Kier alpha value is -1.52. The molecule has 100 valence electrons. The van der Waals surface area contributed by atoms with Gasteiger partial charge in [0.25, 0.3) is 0 Å². The molecule has 0 unspecified atom stereocenters. The van der Waals surface area contributed by atoms with E-state index in [4.69, 9.17) is 33.7 Å². The van der Waals surface area contributed by atoms with E-state index < -0.39 is 0 Å². The number of hydrogen-bond acceptors (Lipinski definition) is 4. The molecule has 0 aliphatic carbocycles. The van der Waals surface area contributed by atoms with Crippen molar-refractivity contribution in [2.75, 3.05) is 5.73 Å². The van der Waals surface area contributed by atoms with E-state index in [0.717, 1.165) is 16.1 Å². The number of ether oxygens (including phenoxy) is 1. The lowest BCUT2D eigenvalue weighted by Gasteiger charge is -2.11. The maximum Gasteiger partial charge on any atom is 0.247 e. The molecule has 0 bridgehead atoms. The van der Waals surface area contributed by atoms with Crippen molar-refractivity contribution in [2.45, 2.75) is 20.8 Å². The Bertz CT molecular complexity index is 621. The maximum atomic E-state index is 6.11. The summed E-state index contributed by atoms with van der Waals surface area (Å²) in [5.41, 5.74) is 8.67. The van der Waals surface area contributed by atoms with E-state index in [1.54, 1.807) is 6.92 Å². The van der Waals surface area contributed by atoms with E-state index in [2.05, 4.69) is 9.97 Å². The van der Waals surface area contributed by atoms with Crippen LogP contribution in [0.3, 0.4) is 0 Å². The van der Waals surface area contributed by atoms with Crippen molar-refractivity contribution in [1.29, 1.82) is 0 Å². The minimum Gasteiger partial charge on any atom is -0.437 e. The van der Waals surface area contributed by atoms with Crippen LogP contribution in [-0.2, 0) is 0 Å². The fourth-order valence-electron chi connectivity index (χ4n) is 1.68. The van der Waals surface area contributed by atoms with Gasteiger partial charge in [0.15, 0.2) is 0 Å². The number of nitrogens with two attached hydrogens (primary N) is 1. The third-order valence-corrected chi connectivity index (χ3v) is 3.46. The first kappa shape index (κ1) is 13.9. The lowest BCUT2D eigenvalue weighted by atomic mass is 10.1. The molecule has 2 aromatic rings. The predicted molar refractivity (Wildman–Crippen MR) is 77.2 cm³/mol. The average Bonchev–Trinajstić information content (AvgIpc) is 2.32. The third-order valence-electron chi connectivity index (χ3n) is 2.70. The van der Waals surface area contributed by atoms with Gasteiger partial charge in [-0.3, -0.25) is 0 Å². The molecule has 0 aliphatic heterocycles. The summed E-state index contributed by atoms with van der Waals surface area (Å²) in [5, 5.41) is 0.821. The van der Waals surface area contributed by atoms with Crippen molar-refractivity contribution in [3.63, 3.8) is 0 Å². The molecule has 2 N–H and O–H groups in total. The van der Waals surface area contributed by atoms with Crippen LogP contribution in [0.25, 0.3) is 0 Å². The van der Waals surface area contributed by atoms with Crippen molar-refractivity contribution >= 4 is 28.9 Å². The van der Waals surface area contributed by atoms with Crippen LogP contribution in [0, 0.1) is 20.8 Å². The Balaban J connectivity index is 2.42. The molecule has 1 heterocycles. The van der Waals surface area contributed by atoms with Crippen molar-refractivity contribution in [3.05, 3.63) is 39.3 Å². The minimum absolute atomic E-state index is 0.101. The standard InChI is InChI=1S/C13H13Cl2N3O/c1-6-4-9(5-7(2)10(6)14)19-12-11(16)8(3)17-13(15)18-12/h4-5H,16H2,1-3H3. The van der Waals surface area contributed by atoms with Crippen LogP contribution in [0.2, 0.25) is 10.3 Å². The number of aryl methyl sites for hydroxylation is 3. The van der Waals surface area contributed by atoms with Gasteiger partial charge < -0.3 is 10.5 Å². The van der Waals surface area contributed by atoms with Gasteiger partial charge in [-0.05, 0) is 55.6 Å². The quantitative estimate of drug-likeness (QED) is 0.848. The van der Waals surface area contributed by atoms with Crippen LogP contribution < -0.4 is 10.5 Å². The van der Waals surface area contributed by atoms with Crippen molar-refractivity contribution in [2.24, 2.45) is 0 Å². The zero-order chi connectivity index (χ0) is 14.2. The monoisotopic (exact) mass is 297 g/mol. The molecule has 0 fully saturated rings. The summed E-state index contributed by atoms with van der Waals surface area (Å²) < 4.78 is 5.67. The zero-order valence-electron chi connectivity index (χ0n) is 10.8. The Kier molecular flexibility index (Phi) is 3.83. The van der Waals surface area contributed by atoms with E-state index in [9.17, 15) is 0 Å². The first-order valence-electron chi connectivity index (χ1n) is 5.62. The molecule has 0 spiro atoms. The normalized spacial score (nSPS) is 10.6. The summed E-state index contributed by atoms with van der Waals surface area (Å²) in [6.45, 7) is 5.56. The molecule has 19 heavy (non-hydrogen) atoms. The highest BCUT2D eigenvalue weighted by Gasteiger charge is 2.11. The summed E-state index contributed by atoms with van der Waals surface area (Å²) in [6, 6.07) is 3.64. The molecule has 1 aromatic heterocycles. The largest absolute Gasteiger partial charge is 0.437 e. The second-order valence-corrected chi connectivity index (χ2v) is 4.99. The molecule has 2 rings (SSSR count). The highest BCUT2D eigenvalue weighted by Crippen LogP contribution is 2.31. The molecular weight excluding hydrogens is 285 g/mol. The van der Waals surface area contributed by atoms with Crippen molar-refractivity contribution < 1.29 is 4.74 Å². The topological polar surface area (TPSA) is 61.0 Å². The average molecular weight is 298 g/mol. The van der Waals surface area contributed by atoms with Crippen LogP contribution in [0.15, 0.2) is 12.1 Å². The Morgan fingerprint density at radius 2 is 1.63 bits per heavy atom. The van der Waals surface area contributed by atoms with E-state index >= 15 is 0 Å². The van der Waals surface area contributed by atoms with Gasteiger partial charge in [0.2, 0.25) is 11.2 Å². The van der Waals surface area contributed by atoms with Crippen molar-refractivity contribution in [1.82, 2.24) is 9.97 Å². The molecule has 0 radical (unpaired) electrons. The van der Waals surface area contributed by atoms with Crippen molar-refractivity contribution in [3.8, 4) is 11.6 Å². The van der Waals surface area contributed by atoms with Crippen LogP contribution in [0.1, 0.15) is 16.8 Å². The number of rotatable bonds is 2. The smallest absolute Gasteiger partial charge is 0.247 e. The molecule has 0 saturated heterocycles. The number of halogens is 2. The maximum absolute atomic E-state index is 6.11. The van der Waals surface area contributed by atoms with Gasteiger partial charge in [-0.2, -0.15) is 4.98 Å². The highest BCUT2D eigenvalue weighted by molar-refractivity contribution is 6.32. The molecule has 0 aliphatic rings. The van der Waals surface area contributed by atoms with E-state index in [1.165, 1.54) is 0 Å². The first-order valence-corrected chi connectivity index (χ1v) is 6.38. The Morgan fingerprint density at radius 1 is 1.05 bits per heavy atom. The minimum atomic E-state index is 0.101. The van der Waals surface area contributed by atoms with Gasteiger partial charge >= 0.3 is 0 Å². The van der Waals surface area contributed by atoms with E-state index in [1.807, 2.05) is 26.0 Å². The summed E-state index contributed by atoms with van der Waals surface area (Å²) in [6.07, 6.45) is 0. The van der Waals surface area contributed by atoms with Gasteiger partial charge in [-0.25, -0.2) is 4.98 Å². The summed E-state index contributed by atoms with van der Waals surface area (Å²) in [5.74, 6) is 0.860. The molecule has 0 saturated carbocycles. The second-order valence-electron chi connectivity index (χ2n) is 4.27. The molecule has 1 aromatic carbocycles. The predicted octanol–water partition coefficient (Wildman–Crippen LogP) is 4.08. The van der Waals surface area contributed by atoms with Crippen LogP contribution >= 0.6 is 23.2 Å². The first-order chi connectivity index (χ1) is 8.88. The van der Waals surface area contributed by atoms with Gasteiger partial charge in [0.1, 0.15) is 11.4 Å². The summed E-state index contributed by atoms with van der Waals surface area (Å²) in [7, 11) is 0.